The largest absolute Gasteiger partial charge is 0.365 e. The fraction of sp³-hybridized carbons (Fsp3) is 0.323. The summed E-state index contributed by atoms with van der Waals surface area (Å²) in [7, 11) is 0. The van der Waals surface area contributed by atoms with E-state index in [2.05, 4.69) is 26.1 Å². The van der Waals surface area contributed by atoms with Crippen LogP contribution in [-0.4, -0.2) is 16.8 Å². The third-order valence-electron chi connectivity index (χ3n) is 8.06. The molecule has 190 valence electrons. The van der Waals surface area contributed by atoms with Crippen LogP contribution in [0.2, 0.25) is 0 Å². The maximum Gasteiger partial charge on any atom is 0.257 e. The number of rotatable bonds is 6. The monoisotopic (exact) mass is 511 g/mol. The van der Waals surface area contributed by atoms with E-state index < -0.39 is 5.91 Å². The van der Waals surface area contributed by atoms with Crippen molar-refractivity contribution < 1.29 is 9.59 Å². The number of nitrogens with two attached hydrogens (primary N) is 1. The van der Waals surface area contributed by atoms with E-state index in [4.69, 9.17) is 10.7 Å². The number of aromatic nitrogens is 1. The predicted octanol–water partition coefficient (Wildman–Crippen LogP) is 7.16. The smallest absolute Gasteiger partial charge is 0.257 e. The summed E-state index contributed by atoms with van der Waals surface area (Å²) in [5.41, 5.74) is 11.7. The molecule has 1 aliphatic rings. The summed E-state index contributed by atoms with van der Waals surface area (Å²) >= 11 is 1.50. The number of benzene rings is 2. The highest BCUT2D eigenvalue weighted by atomic mass is 32.1. The topological polar surface area (TPSA) is 85.1 Å². The lowest BCUT2D eigenvalue weighted by molar-refractivity contribution is 0.0999. The van der Waals surface area contributed by atoms with Gasteiger partial charge < -0.3 is 11.1 Å². The van der Waals surface area contributed by atoms with Crippen LogP contribution in [-0.2, 0) is 12.8 Å². The molecule has 0 radical (unpaired) electrons. The summed E-state index contributed by atoms with van der Waals surface area (Å²) in [6, 6.07) is 17.6. The number of amides is 2. The van der Waals surface area contributed by atoms with E-state index in [-0.39, 0.29) is 11.3 Å². The maximum absolute atomic E-state index is 13.7. The van der Waals surface area contributed by atoms with Gasteiger partial charge in [-0.3, -0.25) is 9.59 Å². The van der Waals surface area contributed by atoms with Crippen molar-refractivity contribution >= 4 is 39.1 Å². The first-order valence-corrected chi connectivity index (χ1v) is 13.7. The number of hydrogen-bond donors (Lipinski definition) is 2. The molecule has 5 rings (SSSR count). The maximum atomic E-state index is 13.7. The molecule has 6 heteroatoms. The molecule has 2 aromatic carbocycles. The van der Waals surface area contributed by atoms with Gasteiger partial charge in [-0.15, -0.1) is 11.3 Å². The minimum atomic E-state index is -0.485. The Balaban J connectivity index is 1.53. The molecule has 2 amide bonds. The Morgan fingerprint density at radius 3 is 2.57 bits per heavy atom. The average molecular weight is 512 g/mol. The number of thiophene rings is 1. The summed E-state index contributed by atoms with van der Waals surface area (Å²) in [6.07, 6.45) is 3.84. The summed E-state index contributed by atoms with van der Waals surface area (Å²) in [6.45, 7) is 8.90. The second-order valence-electron chi connectivity index (χ2n) is 10.7. The first kappa shape index (κ1) is 25.2. The Kier molecular flexibility index (Phi) is 6.63. The van der Waals surface area contributed by atoms with Crippen molar-refractivity contribution in [3.05, 3.63) is 81.7 Å². The summed E-state index contributed by atoms with van der Waals surface area (Å²) in [4.78, 5) is 32.3. The minimum Gasteiger partial charge on any atom is -0.365 e. The van der Waals surface area contributed by atoms with Crippen molar-refractivity contribution in [3.8, 4) is 11.3 Å². The van der Waals surface area contributed by atoms with Gasteiger partial charge in [0, 0.05) is 15.8 Å². The number of primary amides is 1. The lowest BCUT2D eigenvalue weighted by Gasteiger charge is -2.36. The zero-order valence-electron chi connectivity index (χ0n) is 21.9. The molecule has 0 saturated carbocycles. The van der Waals surface area contributed by atoms with Crippen molar-refractivity contribution in [2.45, 2.75) is 53.4 Å². The van der Waals surface area contributed by atoms with E-state index in [1.807, 2.05) is 61.5 Å². The van der Waals surface area contributed by atoms with Crippen LogP contribution in [0.3, 0.4) is 0 Å². The second kappa shape index (κ2) is 9.75. The Morgan fingerprint density at radius 1 is 1.14 bits per heavy atom. The van der Waals surface area contributed by atoms with E-state index >= 15 is 0 Å². The fourth-order valence-corrected chi connectivity index (χ4v) is 6.62. The molecular weight excluding hydrogens is 478 g/mol. The van der Waals surface area contributed by atoms with Gasteiger partial charge >= 0.3 is 0 Å². The molecule has 1 atom stereocenters. The lowest BCUT2D eigenvalue weighted by Crippen LogP contribution is -2.29. The Labute approximate surface area is 222 Å². The lowest BCUT2D eigenvalue weighted by atomic mass is 9.69. The Bertz CT molecular complexity index is 1500. The number of para-hydroxylation sites is 1. The zero-order chi connectivity index (χ0) is 26.3. The number of anilines is 1. The van der Waals surface area contributed by atoms with Crippen LogP contribution in [0.15, 0.2) is 54.6 Å². The average Bonchev–Trinajstić information content (AvgIpc) is 3.25. The van der Waals surface area contributed by atoms with Gasteiger partial charge in [0.25, 0.3) is 11.8 Å². The molecule has 4 aromatic rings. The number of carbonyl (C=O) groups excluding carboxylic acids is 2. The van der Waals surface area contributed by atoms with E-state index in [1.54, 1.807) is 0 Å². The van der Waals surface area contributed by atoms with E-state index in [9.17, 15) is 9.59 Å². The Morgan fingerprint density at radius 2 is 1.86 bits per heavy atom. The molecule has 3 N–H and O–H groups in total. The van der Waals surface area contributed by atoms with Crippen molar-refractivity contribution in [1.82, 2.24) is 4.98 Å². The summed E-state index contributed by atoms with van der Waals surface area (Å²) in [5.74, 6) is -0.214. The van der Waals surface area contributed by atoms with Crippen LogP contribution in [0, 0.1) is 18.3 Å². The number of carbonyl (C=O) groups is 2. The number of pyridine rings is 1. The van der Waals surface area contributed by atoms with Gasteiger partial charge in [0.15, 0.2) is 0 Å². The first-order chi connectivity index (χ1) is 17.7. The standard InChI is InChI=1S/C31H33N3O2S/c1-5-31(3,4)20-14-15-22-26(16-20)37-30(27(22)28(32)35)34-29(36)23-17-25(19-12-10-18(2)11-13-19)33-24-9-7-6-8-21(23)24/h6-13,17,20H,5,14-16H2,1-4H3,(H2,32,35)(H,34,36). The van der Waals surface area contributed by atoms with Crippen LogP contribution < -0.4 is 11.1 Å². The second-order valence-corrected chi connectivity index (χ2v) is 11.9. The summed E-state index contributed by atoms with van der Waals surface area (Å²) in [5, 5.41) is 4.38. The van der Waals surface area contributed by atoms with Crippen LogP contribution in [0.4, 0.5) is 5.00 Å². The normalized spacial score (nSPS) is 15.4. The van der Waals surface area contributed by atoms with E-state index in [1.165, 1.54) is 16.2 Å². The van der Waals surface area contributed by atoms with Gasteiger partial charge in [0.2, 0.25) is 0 Å². The van der Waals surface area contributed by atoms with Crippen LogP contribution in [0.25, 0.3) is 22.2 Å². The first-order valence-electron chi connectivity index (χ1n) is 12.9. The van der Waals surface area contributed by atoms with E-state index in [0.29, 0.717) is 22.0 Å². The third-order valence-corrected chi connectivity index (χ3v) is 9.23. The van der Waals surface area contributed by atoms with Crippen LogP contribution in [0.5, 0.6) is 0 Å². The molecule has 1 unspecified atom stereocenters. The van der Waals surface area contributed by atoms with Gasteiger partial charge in [0.1, 0.15) is 5.00 Å². The molecular formula is C31H33N3O2S. The highest BCUT2D eigenvalue weighted by Gasteiger charge is 2.35. The number of nitrogens with one attached hydrogen (secondary N) is 1. The quantitative estimate of drug-likeness (QED) is 0.288. The number of hydrogen-bond acceptors (Lipinski definition) is 4. The fourth-order valence-electron chi connectivity index (χ4n) is 5.30. The van der Waals surface area contributed by atoms with Crippen molar-refractivity contribution in [2.75, 3.05) is 5.32 Å². The molecule has 2 aromatic heterocycles. The van der Waals surface area contributed by atoms with Gasteiger partial charge in [-0.2, -0.15) is 0 Å². The minimum absolute atomic E-state index is 0.223. The van der Waals surface area contributed by atoms with Gasteiger partial charge in [-0.25, -0.2) is 4.98 Å². The highest BCUT2D eigenvalue weighted by molar-refractivity contribution is 7.17. The summed E-state index contributed by atoms with van der Waals surface area (Å²) < 4.78 is 0. The molecule has 37 heavy (non-hydrogen) atoms. The molecule has 0 saturated heterocycles. The molecule has 0 bridgehead atoms. The SMILES string of the molecule is CCC(C)(C)C1CCc2c(sc(NC(=O)c3cc(-c4ccc(C)cc4)nc4ccccc34)c2C(N)=O)C1. The third kappa shape index (κ3) is 4.78. The molecule has 0 spiro atoms. The van der Waals surface area contributed by atoms with Crippen LogP contribution in [0.1, 0.15) is 70.3 Å². The van der Waals surface area contributed by atoms with Crippen LogP contribution >= 0.6 is 11.3 Å². The molecule has 1 aliphatic carbocycles. The van der Waals surface area contributed by atoms with E-state index in [0.717, 1.165) is 59.0 Å². The number of fused-ring (bicyclic) bond motifs is 2. The Hall–Kier alpha value is -3.51. The molecule has 0 fully saturated rings. The molecule has 5 nitrogen and oxygen atoms in total. The number of aryl methyl sites for hydroxylation is 1. The van der Waals surface area contributed by atoms with Gasteiger partial charge in [-0.05, 0) is 55.2 Å². The molecule has 2 heterocycles. The molecule has 0 aliphatic heterocycles. The highest BCUT2D eigenvalue weighted by Crippen LogP contribution is 2.45. The number of nitrogens with zero attached hydrogens (tertiary/aromatic N) is 1. The van der Waals surface area contributed by atoms with Gasteiger partial charge in [-0.1, -0.05) is 75.2 Å². The predicted molar refractivity (Wildman–Crippen MR) is 152 cm³/mol. The van der Waals surface area contributed by atoms with Gasteiger partial charge in [0.05, 0.1) is 22.3 Å². The van der Waals surface area contributed by atoms with Crippen molar-refractivity contribution in [1.29, 1.82) is 0 Å². The zero-order valence-corrected chi connectivity index (χ0v) is 22.7. The van der Waals surface area contributed by atoms with Crippen molar-refractivity contribution in [3.63, 3.8) is 0 Å². The van der Waals surface area contributed by atoms with Crippen molar-refractivity contribution in [2.24, 2.45) is 17.1 Å².